The van der Waals surface area contributed by atoms with Crippen LogP contribution in [-0.2, 0) is 6.54 Å². The molecule has 3 heterocycles. The third-order valence-electron chi connectivity index (χ3n) is 5.29. The second kappa shape index (κ2) is 9.05. The van der Waals surface area contributed by atoms with E-state index in [9.17, 15) is 10.0 Å². The van der Waals surface area contributed by atoms with Crippen molar-refractivity contribution in [1.82, 2.24) is 14.9 Å². The standard InChI is InChI=1S/C22H22BN5O2/c24-13-18-10-11-19(14-25-18)26-22-5-1-3-20(27-22)21-4-2-12-28(21)15-16-6-8-17(9-7-16)23(29)30/h1,3,5-11,14,21,29-30H,2,4,12,15H2,(H,26,27). The van der Waals surface area contributed by atoms with Gasteiger partial charge in [-0.1, -0.05) is 30.3 Å². The highest BCUT2D eigenvalue weighted by Gasteiger charge is 2.27. The van der Waals surface area contributed by atoms with Gasteiger partial charge in [-0.05, 0) is 54.7 Å². The molecule has 1 unspecified atom stereocenters. The van der Waals surface area contributed by atoms with E-state index in [4.69, 9.17) is 10.2 Å². The van der Waals surface area contributed by atoms with Crippen LogP contribution in [0, 0.1) is 11.3 Å². The van der Waals surface area contributed by atoms with Crippen molar-refractivity contribution in [2.75, 3.05) is 11.9 Å². The average Bonchev–Trinajstić information content (AvgIpc) is 3.23. The van der Waals surface area contributed by atoms with Crippen molar-refractivity contribution in [2.45, 2.75) is 25.4 Å². The molecule has 150 valence electrons. The Hall–Kier alpha value is -3.25. The minimum absolute atomic E-state index is 0.231. The van der Waals surface area contributed by atoms with Crippen LogP contribution in [0.1, 0.15) is 35.8 Å². The molecular formula is C22H22BN5O2. The first kappa shape index (κ1) is 20.0. The van der Waals surface area contributed by atoms with E-state index in [0.29, 0.717) is 11.2 Å². The molecular weight excluding hydrogens is 377 g/mol. The Kier molecular flexibility index (Phi) is 6.05. The molecule has 0 aliphatic carbocycles. The summed E-state index contributed by atoms with van der Waals surface area (Å²) < 4.78 is 0. The maximum absolute atomic E-state index is 9.26. The Balaban J connectivity index is 1.47. The smallest absolute Gasteiger partial charge is 0.423 e. The molecule has 0 radical (unpaired) electrons. The van der Waals surface area contributed by atoms with Gasteiger partial charge in [-0.25, -0.2) is 9.97 Å². The summed E-state index contributed by atoms with van der Waals surface area (Å²) in [6.07, 6.45) is 3.78. The minimum Gasteiger partial charge on any atom is -0.423 e. The average molecular weight is 399 g/mol. The van der Waals surface area contributed by atoms with Gasteiger partial charge in [0.05, 0.1) is 23.6 Å². The van der Waals surface area contributed by atoms with Crippen LogP contribution in [0.2, 0.25) is 0 Å². The van der Waals surface area contributed by atoms with E-state index < -0.39 is 7.12 Å². The molecule has 8 heteroatoms. The summed E-state index contributed by atoms with van der Waals surface area (Å²) in [7, 11) is -1.44. The molecule has 1 saturated heterocycles. The van der Waals surface area contributed by atoms with Crippen LogP contribution in [0.5, 0.6) is 0 Å². The topological polar surface area (TPSA) is 105 Å². The maximum atomic E-state index is 9.26. The molecule has 3 aromatic rings. The second-order valence-electron chi connectivity index (χ2n) is 7.36. The number of anilines is 2. The van der Waals surface area contributed by atoms with Gasteiger partial charge >= 0.3 is 7.12 Å². The first-order valence-corrected chi connectivity index (χ1v) is 9.91. The second-order valence-corrected chi connectivity index (χ2v) is 7.36. The molecule has 2 aromatic heterocycles. The maximum Gasteiger partial charge on any atom is 0.488 e. The number of nitriles is 1. The van der Waals surface area contributed by atoms with Crippen molar-refractivity contribution in [3.05, 3.63) is 77.7 Å². The number of benzene rings is 1. The first-order chi connectivity index (χ1) is 14.6. The van der Waals surface area contributed by atoms with Crippen LogP contribution in [0.25, 0.3) is 0 Å². The zero-order valence-corrected chi connectivity index (χ0v) is 16.4. The van der Waals surface area contributed by atoms with Crippen LogP contribution < -0.4 is 10.8 Å². The van der Waals surface area contributed by atoms with E-state index in [0.717, 1.165) is 48.7 Å². The zero-order valence-electron chi connectivity index (χ0n) is 16.4. The molecule has 7 nitrogen and oxygen atoms in total. The summed E-state index contributed by atoms with van der Waals surface area (Å²) in [5.41, 5.74) is 3.80. The van der Waals surface area contributed by atoms with E-state index >= 15 is 0 Å². The molecule has 0 saturated carbocycles. The third kappa shape index (κ3) is 4.66. The quantitative estimate of drug-likeness (QED) is 0.545. The van der Waals surface area contributed by atoms with E-state index in [1.54, 1.807) is 24.4 Å². The zero-order chi connectivity index (χ0) is 20.9. The van der Waals surface area contributed by atoms with Gasteiger partial charge in [-0.15, -0.1) is 0 Å². The lowest BCUT2D eigenvalue weighted by Crippen LogP contribution is -2.30. The summed E-state index contributed by atoms with van der Waals surface area (Å²) in [6.45, 7) is 1.78. The summed E-state index contributed by atoms with van der Waals surface area (Å²) in [4.78, 5) is 11.3. The highest BCUT2D eigenvalue weighted by atomic mass is 16.4. The molecule has 1 atom stereocenters. The lowest BCUT2D eigenvalue weighted by Gasteiger charge is -2.24. The number of hydrogen-bond acceptors (Lipinski definition) is 7. The number of nitrogens with one attached hydrogen (secondary N) is 1. The Morgan fingerprint density at radius 2 is 1.97 bits per heavy atom. The molecule has 30 heavy (non-hydrogen) atoms. The van der Waals surface area contributed by atoms with Gasteiger partial charge in [0, 0.05) is 6.54 Å². The summed E-state index contributed by atoms with van der Waals surface area (Å²) >= 11 is 0. The number of pyridine rings is 2. The Labute approximate surface area is 175 Å². The normalized spacial score (nSPS) is 16.2. The number of aromatic nitrogens is 2. The predicted molar refractivity (Wildman–Crippen MR) is 115 cm³/mol. The van der Waals surface area contributed by atoms with Gasteiger partial charge in [-0.3, -0.25) is 4.90 Å². The monoisotopic (exact) mass is 399 g/mol. The first-order valence-electron chi connectivity index (χ1n) is 9.91. The van der Waals surface area contributed by atoms with Crippen LogP contribution >= 0.6 is 0 Å². The Morgan fingerprint density at radius 3 is 2.67 bits per heavy atom. The Bertz CT molecular complexity index is 1030. The van der Waals surface area contributed by atoms with E-state index in [-0.39, 0.29) is 6.04 Å². The molecule has 1 aliphatic heterocycles. The van der Waals surface area contributed by atoms with Crippen LogP contribution in [0.3, 0.4) is 0 Å². The Morgan fingerprint density at radius 1 is 1.13 bits per heavy atom. The third-order valence-corrected chi connectivity index (χ3v) is 5.29. The molecule has 3 N–H and O–H groups in total. The fraction of sp³-hybridized carbons (Fsp3) is 0.227. The van der Waals surface area contributed by atoms with Crippen molar-refractivity contribution in [3.63, 3.8) is 0 Å². The fourth-order valence-corrected chi connectivity index (χ4v) is 3.77. The van der Waals surface area contributed by atoms with Gasteiger partial charge in [-0.2, -0.15) is 5.26 Å². The van der Waals surface area contributed by atoms with E-state index in [1.807, 2.05) is 36.4 Å². The summed E-state index contributed by atoms with van der Waals surface area (Å²) in [5, 5.41) is 30.6. The van der Waals surface area contributed by atoms with Crippen molar-refractivity contribution < 1.29 is 10.0 Å². The fourth-order valence-electron chi connectivity index (χ4n) is 3.77. The largest absolute Gasteiger partial charge is 0.488 e. The lowest BCUT2D eigenvalue weighted by atomic mass is 9.80. The molecule has 4 rings (SSSR count). The van der Waals surface area contributed by atoms with E-state index in [1.165, 1.54) is 0 Å². The number of likely N-dealkylation sites (tertiary alicyclic amines) is 1. The molecule has 1 aromatic carbocycles. The molecule has 1 fully saturated rings. The van der Waals surface area contributed by atoms with Gasteiger partial charge in [0.25, 0.3) is 0 Å². The highest BCUT2D eigenvalue weighted by molar-refractivity contribution is 6.58. The van der Waals surface area contributed by atoms with Gasteiger partial charge < -0.3 is 15.4 Å². The summed E-state index contributed by atoms with van der Waals surface area (Å²) in [6, 6.07) is 19.1. The van der Waals surface area contributed by atoms with Crippen molar-refractivity contribution >= 4 is 24.1 Å². The molecule has 0 bridgehead atoms. The lowest BCUT2D eigenvalue weighted by molar-refractivity contribution is 0.244. The van der Waals surface area contributed by atoms with Gasteiger partial charge in [0.15, 0.2) is 0 Å². The van der Waals surface area contributed by atoms with Crippen LogP contribution in [-0.4, -0.2) is 38.6 Å². The van der Waals surface area contributed by atoms with Gasteiger partial charge in [0.2, 0.25) is 0 Å². The van der Waals surface area contributed by atoms with Crippen molar-refractivity contribution in [1.29, 1.82) is 5.26 Å². The predicted octanol–water partition coefficient (Wildman–Crippen LogP) is 2.11. The van der Waals surface area contributed by atoms with Crippen molar-refractivity contribution in [2.24, 2.45) is 0 Å². The van der Waals surface area contributed by atoms with Crippen molar-refractivity contribution in [3.8, 4) is 6.07 Å². The SMILES string of the molecule is N#Cc1ccc(Nc2cccc(C3CCCN3Cc3ccc(B(O)O)cc3)n2)cn1. The summed E-state index contributed by atoms with van der Waals surface area (Å²) in [5.74, 6) is 0.743. The highest BCUT2D eigenvalue weighted by Crippen LogP contribution is 2.32. The van der Waals surface area contributed by atoms with Crippen LogP contribution in [0.15, 0.2) is 60.8 Å². The molecule has 1 aliphatic rings. The van der Waals surface area contributed by atoms with Gasteiger partial charge in [0.1, 0.15) is 17.6 Å². The minimum atomic E-state index is -1.44. The number of hydrogen-bond donors (Lipinski definition) is 3. The number of nitrogens with zero attached hydrogens (tertiary/aromatic N) is 4. The molecule has 0 amide bonds. The van der Waals surface area contributed by atoms with Crippen LogP contribution in [0.4, 0.5) is 11.5 Å². The number of rotatable bonds is 6. The molecule has 0 spiro atoms. The van der Waals surface area contributed by atoms with E-state index in [2.05, 4.69) is 21.3 Å².